The van der Waals surface area contributed by atoms with E-state index in [0.29, 0.717) is 5.17 Å². The lowest BCUT2D eigenvalue weighted by Gasteiger charge is -2.26. The van der Waals surface area contributed by atoms with E-state index in [1.54, 1.807) is 20.8 Å². The molecule has 37 heavy (non-hydrogen) atoms. The van der Waals surface area contributed by atoms with Gasteiger partial charge in [-0.25, -0.2) is 13.2 Å². The molecule has 0 radical (unpaired) electrons. The van der Waals surface area contributed by atoms with E-state index in [1.165, 1.54) is 11.8 Å². The molecule has 10 heteroatoms. The molecule has 2 heterocycles. The molecule has 0 aliphatic carbocycles. The number of sulfone groups is 1. The van der Waals surface area contributed by atoms with E-state index in [2.05, 4.69) is 10.3 Å². The number of hydrogen-bond acceptors (Lipinski definition) is 6. The van der Waals surface area contributed by atoms with Crippen LogP contribution in [0.1, 0.15) is 37.5 Å². The third kappa shape index (κ3) is 6.93. The van der Waals surface area contributed by atoms with Gasteiger partial charge in [0.05, 0.1) is 17.5 Å². The molecule has 2 aliphatic rings. The molecule has 2 aliphatic heterocycles. The molecule has 0 spiro atoms. The van der Waals surface area contributed by atoms with Crippen LogP contribution in [-0.2, 0) is 25.8 Å². The normalized spacial score (nSPS) is 22.5. The first-order valence-corrected chi connectivity index (χ1v) is 14.9. The van der Waals surface area contributed by atoms with Gasteiger partial charge in [-0.3, -0.25) is 4.79 Å². The predicted octanol–water partition coefficient (Wildman–Crippen LogP) is 4.04. The van der Waals surface area contributed by atoms with Gasteiger partial charge in [0.25, 0.3) is 5.91 Å². The highest BCUT2D eigenvalue weighted by molar-refractivity contribution is 8.16. The summed E-state index contributed by atoms with van der Waals surface area (Å²) in [5.74, 6) is -0.469. The molecule has 2 saturated heterocycles. The maximum absolute atomic E-state index is 13.5. The van der Waals surface area contributed by atoms with Gasteiger partial charge >= 0.3 is 6.09 Å². The maximum Gasteiger partial charge on any atom is 0.408 e. The molecular formula is C27H33N3O5S2. The Morgan fingerprint density at radius 2 is 1.76 bits per heavy atom. The predicted molar refractivity (Wildman–Crippen MR) is 148 cm³/mol. The number of benzene rings is 2. The molecule has 4 rings (SSSR count). The molecule has 0 bridgehead atoms. The van der Waals surface area contributed by atoms with Crippen LogP contribution in [0.3, 0.4) is 0 Å². The van der Waals surface area contributed by atoms with Crippen molar-refractivity contribution in [1.82, 2.24) is 5.32 Å². The highest BCUT2D eigenvalue weighted by Crippen LogP contribution is 2.41. The van der Waals surface area contributed by atoms with E-state index in [4.69, 9.17) is 4.74 Å². The molecule has 0 saturated carbocycles. The Kier molecular flexibility index (Phi) is 7.71. The molecule has 8 nitrogen and oxygen atoms in total. The number of nitrogens with one attached hydrogen (secondary N) is 1. The fourth-order valence-electron chi connectivity index (χ4n) is 4.63. The van der Waals surface area contributed by atoms with Gasteiger partial charge in [-0.1, -0.05) is 48.2 Å². The SMILES string of the molecule is Cc1cc(C)cc(N2C(=NC(=O)[C@H](Cc3ccccc3)NC(=O)OC(C)(C)C)S[C@@H]3CS(=O)(=O)C[C@H]32)c1. The average Bonchev–Trinajstić information content (AvgIpc) is 3.22. The summed E-state index contributed by atoms with van der Waals surface area (Å²) >= 11 is 1.31. The third-order valence-corrected chi connectivity index (χ3v) is 9.24. The first-order valence-electron chi connectivity index (χ1n) is 12.2. The molecule has 0 unspecified atom stereocenters. The number of ether oxygens (including phenoxy) is 1. The zero-order valence-corrected chi connectivity index (χ0v) is 23.4. The highest BCUT2D eigenvalue weighted by atomic mass is 32.2. The van der Waals surface area contributed by atoms with Gasteiger partial charge in [0.15, 0.2) is 15.0 Å². The summed E-state index contributed by atoms with van der Waals surface area (Å²) in [6, 6.07) is 14.1. The van der Waals surface area contributed by atoms with E-state index in [0.717, 1.165) is 22.4 Å². The molecule has 2 amide bonds. The zero-order valence-electron chi connectivity index (χ0n) is 21.7. The van der Waals surface area contributed by atoms with E-state index < -0.39 is 33.5 Å². The van der Waals surface area contributed by atoms with Gasteiger partial charge in [-0.2, -0.15) is 4.99 Å². The second kappa shape index (κ2) is 10.5. The monoisotopic (exact) mass is 543 g/mol. The van der Waals surface area contributed by atoms with Crippen LogP contribution in [0.15, 0.2) is 53.5 Å². The quantitative estimate of drug-likeness (QED) is 0.607. The minimum atomic E-state index is -3.18. The molecule has 2 aromatic rings. The number of alkyl carbamates (subject to hydrolysis) is 1. The van der Waals surface area contributed by atoms with Crippen molar-refractivity contribution >= 4 is 44.5 Å². The Bertz CT molecular complexity index is 1300. The molecule has 1 N–H and O–H groups in total. The van der Waals surface area contributed by atoms with Crippen LogP contribution in [0.4, 0.5) is 10.5 Å². The molecule has 2 aromatic carbocycles. The smallest absolute Gasteiger partial charge is 0.408 e. The number of nitrogens with zero attached hydrogens (tertiary/aromatic N) is 2. The minimum absolute atomic E-state index is 0.00840. The molecular weight excluding hydrogens is 510 g/mol. The Morgan fingerprint density at radius 1 is 1.11 bits per heavy atom. The summed E-state index contributed by atoms with van der Waals surface area (Å²) in [7, 11) is -3.18. The molecule has 3 atom stereocenters. The number of anilines is 1. The summed E-state index contributed by atoms with van der Waals surface area (Å²) in [6.07, 6.45) is -0.458. The van der Waals surface area contributed by atoms with Gasteiger partial charge in [0, 0.05) is 17.4 Å². The first kappa shape index (κ1) is 27.2. The van der Waals surface area contributed by atoms with Gasteiger partial charge < -0.3 is 15.0 Å². The standard InChI is InChI=1S/C27H33N3O5S2/c1-17-11-18(2)13-20(12-17)30-22-15-37(33,34)16-23(22)36-25(30)29-24(31)21(14-19-9-7-6-8-10-19)28-26(32)35-27(3,4)5/h6-13,21-23H,14-16H2,1-5H3,(H,28,32)/t21-,22+,23+/m0/s1. The zero-order chi connectivity index (χ0) is 27.0. The van der Waals surface area contributed by atoms with Crippen molar-refractivity contribution in [3.8, 4) is 0 Å². The molecule has 2 fully saturated rings. The third-order valence-electron chi connectivity index (χ3n) is 6.03. The number of hydrogen-bond donors (Lipinski definition) is 1. The van der Waals surface area contributed by atoms with E-state index >= 15 is 0 Å². The van der Waals surface area contributed by atoms with Crippen molar-refractivity contribution in [3.63, 3.8) is 0 Å². The second-order valence-electron chi connectivity index (χ2n) is 10.6. The fraction of sp³-hybridized carbons (Fsp3) is 0.444. The fourth-order valence-corrected chi connectivity index (χ4v) is 8.55. The van der Waals surface area contributed by atoms with Crippen molar-refractivity contribution < 1.29 is 22.7 Å². The summed E-state index contributed by atoms with van der Waals surface area (Å²) in [5, 5.41) is 2.92. The number of rotatable bonds is 5. The lowest BCUT2D eigenvalue weighted by molar-refractivity contribution is -0.119. The van der Waals surface area contributed by atoms with Gasteiger partial charge in [-0.15, -0.1) is 0 Å². The largest absolute Gasteiger partial charge is 0.444 e. The van der Waals surface area contributed by atoms with E-state index in [-0.39, 0.29) is 29.2 Å². The van der Waals surface area contributed by atoms with Crippen LogP contribution in [-0.4, -0.2) is 60.0 Å². The van der Waals surface area contributed by atoms with Crippen molar-refractivity contribution in [2.45, 2.75) is 64.0 Å². The van der Waals surface area contributed by atoms with Crippen LogP contribution in [0.5, 0.6) is 0 Å². The Labute approximate surface area is 222 Å². The minimum Gasteiger partial charge on any atom is -0.444 e. The average molecular weight is 544 g/mol. The topological polar surface area (TPSA) is 105 Å². The number of amidine groups is 1. The van der Waals surface area contributed by atoms with Crippen LogP contribution >= 0.6 is 11.8 Å². The van der Waals surface area contributed by atoms with Crippen molar-refractivity contribution in [3.05, 3.63) is 65.2 Å². The number of aryl methyl sites for hydroxylation is 2. The van der Waals surface area contributed by atoms with E-state index in [9.17, 15) is 18.0 Å². The highest BCUT2D eigenvalue weighted by Gasteiger charge is 2.49. The molecule has 198 valence electrons. The second-order valence-corrected chi connectivity index (χ2v) is 14.0. The van der Waals surface area contributed by atoms with Crippen LogP contribution in [0.25, 0.3) is 0 Å². The Morgan fingerprint density at radius 3 is 2.38 bits per heavy atom. The number of fused-ring (bicyclic) bond motifs is 1. The number of thioether (sulfide) groups is 1. The lowest BCUT2D eigenvalue weighted by atomic mass is 10.1. The number of carbonyl (C=O) groups is 2. The summed E-state index contributed by atoms with van der Waals surface area (Å²) in [6.45, 7) is 9.22. The van der Waals surface area contributed by atoms with Crippen LogP contribution in [0, 0.1) is 13.8 Å². The van der Waals surface area contributed by atoms with E-state index in [1.807, 2.05) is 67.3 Å². The van der Waals surface area contributed by atoms with Gasteiger partial charge in [0.1, 0.15) is 11.6 Å². The Hall–Kier alpha value is -2.85. The number of amides is 2. The summed E-state index contributed by atoms with van der Waals surface area (Å²) < 4.78 is 30.2. The van der Waals surface area contributed by atoms with Crippen molar-refractivity contribution in [2.75, 3.05) is 16.4 Å². The number of aliphatic imine (C=N–C) groups is 1. The van der Waals surface area contributed by atoms with Gasteiger partial charge in [-0.05, 0) is 63.4 Å². The first-order chi connectivity index (χ1) is 17.3. The lowest BCUT2D eigenvalue weighted by Crippen LogP contribution is -2.45. The van der Waals surface area contributed by atoms with Crippen molar-refractivity contribution in [1.29, 1.82) is 0 Å². The molecule has 0 aromatic heterocycles. The van der Waals surface area contributed by atoms with Crippen LogP contribution in [0.2, 0.25) is 0 Å². The van der Waals surface area contributed by atoms with Crippen LogP contribution < -0.4 is 10.2 Å². The van der Waals surface area contributed by atoms with Crippen molar-refractivity contribution in [2.24, 2.45) is 4.99 Å². The van der Waals surface area contributed by atoms with Gasteiger partial charge in [0.2, 0.25) is 0 Å². The Balaban J connectivity index is 1.67. The maximum atomic E-state index is 13.5. The number of carbonyl (C=O) groups excluding carboxylic acids is 2. The summed E-state index contributed by atoms with van der Waals surface area (Å²) in [4.78, 5) is 32.5. The summed E-state index contributed by atoms with van der Waals surface area (Å²) in [5.41, 5.74) is 3.01.